The zero-order valence-electron chi connectivity index (χ0n) is 16.9. The van der Waals surface area contributed by atoms with Crippen LogP contribution in [0.1, 0.15) is 6.42 Å². The van der Waals surface area contributed by atoms with Gasteiger partial charge in [0, 0.05) is 23.0 Å². The number of hydrogen-bond acceptors (Lipinski definition) is 7. The van der Waals surface area contributed by atoms with Crippen LogP contribution in [-0.4, -0.2) is 57.6 Å². The molecule has 0 fully saturated rings. The van der Waals surface area contributed by atoms with E-state index in [2.05, 4.69) is 19.6 Å². The Morgan fingerprint density at radius 3 is 2.63 bits per heavy atom. The molecule has 0 amide bonds. The Bertz CT molecular complexity index is 1140. The monoisotopic (exact) mass is 450 g/mol. The van der Waals surface area contributed by atoms with Gasteiger partial charge in [0.05, 0.1) is 24.1 Å². The molecule has 0 aliphatic rings. The van der Waals surface area contributed by atoms with Crippen molar-refractivity contribution in [1.82, 2.24) is 14.9 Å². The van der Waals surface area contributed by atoms with Crippen molar-refractivity contribution in [2.75, 3.05) is 39.1 Å². The molecule has 1 N–H and O–H groups in total. The molecule has 0 radical (unpaired) electrons. The minimum atomic E-state index is -3.88. The van der Waals surface area contributed by atoms with Crippen LogP contribution in [-0.2, 0) is 10.0 Å². The molecular formula is C20H23ClN4O4S. The Morgan fingerprint density at radius 2 is 1.93 bits per heavy atom. The van der Waals surface area contributed by atoms with E-state index < -0.39 is 10.0 Å². The first-order valence-corrected chi connectivity index (χ1v) is 11.0. The van der Waals surface area contributed by atoms with Gasteiger partial charge >= 0.3 is 0 Å². The summed E-state index contributed by atoms with van der Waals surface area (Å²) in [6.45, 7) is 1.41. The number of nitrogens with one attached hydrogen (secondary N) is 1. The summed E-state index contributed by atoms with van der Waals surface area (Å²) in [7, 11) is 1.64. The lowest BCUT2D eigenvalue weighted by Crippen LogP contribution is -2.15. The molecule has 0 atom stereocenters. The van der Waals surface area contributed by atoms with Gasteiger partial charge in [-0.25, -0.2) is 18.4 Å². The number of hydrogen-bond donors (Lipinski definition) is 1. The fourth-order valence-electron chi connectivity index (χ4n) is 2.80. The zero-order valence-corrected chi connectivity index (χ0v) is 18.5. The van der Waals surface area contributed by atoms with E-state index in [1.807, 2.05) is 14.1 Å². The Hall–Kier alpha value is -2.62. The first kappa shape index (κ1) is 22.1. The van der Waals surface area contributed by atoms with Gasteiger partial charge in [0.1, 0.15) is 6.33 Å². The molecule has 8 nitrogen and oxygen atoms in total. The topological polar surface area (TPSA) is 93.6 Å². The van der Waals surface area contributed by atoms with Crippen molar-refractivity contribution >= 4 is 38.3 Å². The summed E-state index contributed by atoms with van der Waals surface area (Å²) < 4.78 is 39.3. The lowest BCUT2D eigenvalue weighted by molar-refractivity contribution is 0.268. The number of ether oxygens (including phenoxy) is 2. The largest absolute Gasteiger partial charge is 0.493 e. The molecule has 0 aliphatic heterocycles. The molecule has 0 bridgehead atoms. The maximum absolute atomic E-state index is 12.8. The van der Waals surface area contributed by atoms with Crippen molar-refractivity contribution in [2.45, 2.75) is 11.3 Å². The molecule has 1 heterocycles. The normalized spacial score (nSPS) is 11.6. The minimum absolute atomic E-state index is 0.0366. The second kappa shape index (κ2) is 9.46. The number of methoxy groups -OCH3 is 1. The summed E-state index contributed by atoms with van der Waals surface area (Å²) in [5.41, 5.74) is 0.525. The summed E-state index contributed by atoms with van der Waals surface area (Å²) in [5.74, 6) is 1.13. The molecule has 160 valence electrons. The van der Waals surface area contributed by atoms with Crippen molar-refractivity contribution in [1.29, 1.82) is 0 Å². The van der Waals surface area contributed by atoms with Crippen LogP contribution in [0.15, 0.2) is 47.6 Å². The molecule has 10 heteroatoms. The van der Waals surface area contributed by atoms with Gasteiger partial charge in [-0.3, -0.25) is 4.72 Å². The molecule has 0 spiro atoms. The van der Waals surface area contributed by atoms with Crippen LogP contribution in [0, 0.1) is 0 Å². The number of fused-ring (bicyclic) bond motifs is 1. The minimum Gasteiger partial charge on any atom is -0.493 e. The predicted molar refractivity (Wildman–Crippen MR) is 117 cm³/mol. The van der Waals surface area contributed by atoms with E-state index in [0.717, 1.165) is 13.0 Å². The van der Waals surface area contributed by atoms with Crippen LogP contribution < -0.4 is 14.2 Å². The highest BCUT2D eigenvalue weighted by Crippen LogP contribution is 2.34. The van der Waals surface area contributed by atoms with Crippen LogP contribution in [0.3, 0.4) is 0 Å². The van der Waals surface area contributed by atoms with Crippen LogP contribution in [0.2, 0.25) is 5.02 Å². The van der Waals surface area contributed by atoms with Crippen LogP contribution in [0.4, 0.5) is 5.82 Å². The standard InChI is InChI=1S/C20H23ClN4O4S/c1-25(2)8-5-9-29-19-12-17-16(11-18(19)28-3)20(23-13-22-17)24-30(26,27)15-7-4-6-14(21)10-15/h4,6-7,10-13H,5,8-9H2,1-3H3,(H,22,23,24). The fraction of sp³-hybridized carbons (Fsp3) is 0.300. The molecular weight excluding hydrogens is 428 g/mol. The lowest BCUT2D eigenvalue weighted by Gasteiger charge is -2.15. The maximum Gasteiger partial charge on any atom is 0.263 e. The third kappa shape index (κ3) is 5.29. The SMILES string of the molecule is COc1cc2c(NS(=O)(=O)c3cccc(Cl)c3)ncnc2cc1OCCCN(C)C. The van der Waals surface area contributed by atoms with E-state index in [-0.39, 0.29) is 10.7 Å². The lowest BCUT2D eigenvalue weighted by atomic mass is 10.2. The third-order valence-corrected chi connectivity index (χ3v) is 5.84. The number of rotatable bonds is 9. The Labute approximate surface area is 180 Å². The van der Waals surface area contributed by atoms with E-state index in [4.69, 9.17) is 21.1 Å². The highest BCUT2D eigenvalue weighted by atomic mass is 35.5. The summed E-state index contributed by atoms with van der Waals surface area (Å²) in [5, 5.41) is 0.809. The molecule has 3 aromatic rings. The second-order valence-corrected chi connectivity index (χ2v) is 8.93. The highest BCUT2D eigenvalue weighted by molar-refractivity contribution is 7.92. The molecule has 3 rings (SSSR count). The Kier molecular flexibility index (Phi) is 6.96. The first-order valence-electron chi connectivity index (χ1n) is 9.19. The number of aromatic nitrogens is 2. The second-order valence-electron chi connectivity index (χ2n) is 6.81. The number of sulfonamides is 1. The third-order valence-electron chi connectivity index (χ3n) is 4.27. The maximum atomic E-state index is 12.8. The van der Waals surface area contributed by atoms with Crippen LogP contribution >= 0.6 is 11.6 Å². The van der Waals surface area contributed by atoms with Crippen molar-refractivity contribution < 1.29 is 17.9 Å². The summed E-state index contributed by atoms with van der Waals surface area (Å²) in [6.07, 6.45) is 2.14. The number of anilines is 1. The van der Waals surface area contributed by atoms with Gasteiger partial charge in [0.25, 0.3) is 10.0 Å². The van der Waals surface area contributed by atoms with Gasteiger partial charge in [-0.05, 0) is 44.8 Å². The van der Waals surface area contributed by atoms with Gasteiger partial charge in [0.15, 0.2) is 17.3 Å². The van der Waals surface area contributed by atoms with Crippen LogP contribution in [0.5, 0.6) is 11.5 Å². The highest BCUT2D eigenvalue weighted by Gasteiger charge is 2.18. The van der Waals surface area contributed by atoms with Crippen molar-refractivity contribution in [3.8, 4) is 11.5 Å². The van der Waals surface area contributed by atoms with E-state index in [9.17, 15) is 8.42 Å². The van der Waals surface area contributed by atoms with Crippen molar-refractivity contribution in [3.63, 3.8) is 0 Å². The summed E-state index contributed by atoms with van der Waals surface area (Å²) in [6, 6.07) is 9.37. The van der Waals surface area contributed by atoms with Crippen LogP contribution in [0.25, 0.3) is 10.9 Å². The van der Waals surface area contributed by atoms with Crippen molar-refractivity contribution in [3.05, 3.63) is 47.7 Å². The van der Waals surface area contributed by atoms with Gasteiger partial charge in [-0.15, -0.1) is 0 Å². The van der Waals surface area contributed by atoms with E-state index in [1.165, 1.54) is 25.6 Å². The number of nitrogens with zero attached hydrogens (tertiary/aromatic N) is 3. The summed E-state index contributed by atoms with van der Waals surface area (Å²) >= 11 is 5.92. The number of benzene rings is 2. The summed E-state index contributed by atoms with van der Waals surface area (Å²) in [4.78, 5) is 10.5. The molecule has 0 saturated carbocycles. The zero-order chi connectivity index (χ0) is 21.7. The quantitative estimate of drug-likeness (QED) is 0.499. The van der Waals surface area contributed by atoms with Crippen molar-refractivity contribution in [2.24, 2.45) is 0 Å². The van der Waals surface area contributed by atoms with E-state index >= 15 is 0 Å². The van der Waals surface area contributed by atoms with E-state index in [1.54, 1.807) is 24.3 Å². The molecule has 0 saturated heterocycles. The Balaban J connectivity index is 1.91. The predicted octanol–water partition coefficient (Wildman–Crippen LogP) is 3.42. The fourth-order valence-corrected chi connectivity index (χ4v) is 4.13. The molecule has 0 aliphatic carbocycles. The first-order chi connectivity index (χ1) is 14.3. The van der Waals surface area contributed by atoms with Gasteiger partial charge in [-0.2, -0.15) is 0 Å². The Morgan fingerprint density at radius 1 is 1.13 bits per heavy atom. The smallest absolute Gasteiger partial charge is 0.263 e. The molecule has 1 aromatic heterocycles. The van der Waals surface area contributed by atoms with Gasteiger partial charge < -0.3 is 14.4 Å². The molecule has 2 aromatic carbocycles. The van der Waals surface area contributed by atoms with Gasteiger partial charge in [0.2, 0.25) is 0 Å². The van der Waals surface area contributed by atoms with Gasteiger partial charge in [-0.1, -0.05) is 17.7 Å². The molecule has 30 heavy (non-hydrogen) atoms. The average Bonchev–Trinajstić information content (AvgIpc) is 2.70. The number of halogens is 1. The average molecular weight is 451 g/mol. The molecule has 0 unspecified atom stereocenters. The van der Waals surface area contributed by atoms with E-state index in [0.29, 0.717) is 34.0 Å².